The van der Waals surface area contributed by atoms with E-state index in [2.05, 4.69) is 38.1 Å². The van der Waals surface area contributed by atoms with Crippen molar-refractivity contribution in [2.75, 3.05) is 0 Å². The fourth-order valence-corrected chi connectivity index (χ4v) is 4.96. The van der Waals surface area contributed by atoms with Gasteiger partial charge in [-0.1, -0.05) is 57.4 Å². The Hall–Kier alpha value is -0.780. The van der Waals surface area contributed by atoms with E-state index in [1.165, 1.54) is 70.6 Å². The highest BCUT2D eigenvalue weighted by molar-refractivity contribution is 5.26. The Morgan fingerprint density at radius 1 is 0.783 bits per heavy atom. The summed E-state index contributed by atoms with van der Waals surface area (Å²) in [6.45, 7) is 4.67. The monoisotopic (exact) mass is 312 g/mol. The van der Waals surface area contributed by atoms with Crippen LogP contribution in [-0.4, -0.2) is 0 Å². The molecule has 2 aliphatic rings. The number of hydrogen-bond acceptors (Lipinski definition) is 0. The third-order valence-corrected chi connectivity index (χ3v) is 6.75. The lowest BCUT2D eigenvalue weighted by Crippen LogP contribution is -2.23. The van der Waals surface area contributed by atoms with Crippen molar-refractivity contribution in [1.82, 2.24) is 0 Å². The Bertz CT molecular complexity index is 443. The molecule has 0 nitrogen and oxygen atoms in total. The molecular weight excluding hydrogens is 276 g/mol. The minimum atomic E-state index is 0.842. The van der Waals surface area contributed by atoms with Crippen molar-refractivity contribution in [1.29, 1.82) is 0 Å². The third-order valence-electron chi connectivity index (χ3n) is 6.75. The van der Waals surface area contributed by atoms with Crippen LogP contribution in [0.5, 0.6) is 0 Å². The second-order valence-electron chi connectivity index (χ2n) is 8.40. The zero-order valence-corrected chi connectivity index (χ0v) is 15.4. The van der Waals surface area contributed by atoms with Crippen molar-refractivity contribution in [2.45, 2.75) is 90.4 Å². The van der Waals surface area contributed by atoms with Crippen LogP contribution >= 0.6 is 0 Å². The van der Waals surface area contributed by atoms with Crippen LogP contribution < -0.4 is 0 Å². The lowest BCUT2D eigenvalue weighted by molar-refractivity contribution is 0.177. The van der Waals surface area contributed by atoms with Crippen LogP contribution in [0.2, 0.25) is 0 Å². The summed E-state index contributed by atoms with van der Waals surface area (Å²) < 4.78 is 0. The molecule has 0 unspecified atom stereocenters. The van der Waals surface area contributed by atoms with Crippen molar-refractivity contribution in [3.05, 3.63) is 35.4 Å². The van der Waals surface area contributed by atoms with Crippen LogP contribution in [0.15, 0.2) is 24.3 Å². The first-order valence-corrected chi connectivity index (χ1v) is 10.4. The minimum Gasteiger partial charge on any atom is -0.0654 e. The average molecular weight is 313 g/mol. The maximum absolute atomic E-state index is 2.44. The number of benzene rings is 1. The van der Waals surface area contributed by atoms with E-state index in [0.29, 0.717) is 0 Å². The molecule has 3 rings (SSSR count). The van der Waals surface area contributed by atoms with Gasteiger partial charge in [0.2, 0.25) is 0 Å². The molecule has 0 amide bonds. The van der Waals surface area contributed by atoms with Crippen molar-refractivity contribution in [2.24, 2.45) is 17.8 Å². The Kier molecular flexibility index (Phi) is 6.20. The van der Waals surface area contributed by atoms with Crippen molar-refractivity contribution in [3.63, 3.8) is 0 Å². The first kappa shape index (κ1) is 17.1. The number of rotatable bonds is 7. The van der Waals surface area contributed by atoms with Gasteiger partial charge >= 0.3 is 0 Å². The Morgan fingerprint density at radius 3 is 2.09 bits per heavy atom. The molecule has 2 fully saturated rings. The second-order valence-corrected chi connectivity index (χ2v) is 8.40. The van der Waals surface area contributed by atoms with Gasteiger partial charge < -0.3 is 0 Å². The first-order chi connectivity index (χ1) is 11.3. The predicted octanol–water partition coefficient (Wildman–Crippen LogP) is 7.13. The molecule has 0 aliphatic heterocycles. The van der Waals surface area contributed by atoms with E-state index in [9.17, 15) is 0 Å². The lowest BCUT2D eigenvalue weighted by Gasteiger charge is -2.34. The summed E-state index contributed by atoms with van der Waals surface area (Å²) in [7, 11) is 0. The molecule has 0 bridgehead atoms. The second kappa shape index (κ2) is 8.36. The van der Waals surface area contributed by atoms with Gasteiger partial charge in [-0.3, -0.25) is 0 Å². The largest absolute Gasteiger partial charge is 0.0654 e. The van der Waals surface area contributed by atoms with Crippen LogP contribution in [-0.2, 0) is 6.42 Å². The van der Waals surface area contributed by atoms with Gasteiger partial charge in [0, 0.05) is 0 Å². The minimum absolute atomic E-state index is 0.842. The van der Waals surface area contributed by atoms with E-state index in [4.69, 9.17) is 0 Å². The maximum Gasteiger partial charge on any atom is -0.0162 e. The molecule has 0 spiro atoms. The van der Waals surface area contributed by atoms with Crippen LogP contribution in [0.25, 0.3) is 0 Å². The Morgan fingerprint density at radius 2 is 1.48 bits per heavy atom. The van der Waals surface area contributed by atoms with Crippen molar-refractivity contribution < 1.29 is 0 Å². The van der Waals surface area contributed by atoms with Gasteiger partial charge in [0.1, 0.15) is 0 Å². The average Bonchev–Trinajstić information content (AvgIpc) is 2.55. The van der Waals surface area contributed by atoms with E-state index >= 15 is 0 Å². The first-order valence-electron chi connectivity index (χ1n) is 10.4. The molecule has 1 aromatic carbocycles. The number of aryl methyl sites for hydroxylation is 1. The molecule has 128 valence electrons. The summed E-state index contributed by atoms with van der Waals surface area (Å²) in [5.74, 6) is 3.93. The fourth-order valence-electron chi connectivity index (χ4n) is 4.96. The van der Waals surface area contributed by atoms with Gasteiger partial charge in [-0.2, -0.15) is 0 Å². The van der Waals surface area contributed by atoms with Gasteiger partial charge in [0.15, 0.2) is 0 Å². The molecule has 0 heterocycles. The van der Waals surface area contributed by atoms with E-state index in [1.54, 1.807) is 11.1 Å². The Balaban J connectivity index is 1.42. The Labute approximate surface area is 144 Å². The highest BCUT2D eigenvalue weighted by atomic mass is 14.3. The van der Waals surface area contributed by atoms with E-state index in [1.807, 2.05) is 0 Å². The van der Waals surface area contributed by atoms with Crippen molar-refractivity contribution in [3.8, 4) is 0 Å². The van der Waals surface area contributed by atoms with Crippen LogP contribution in [0.4, 0.5) is 0 Å². The quantitative estimate of drug-likeness (QED) is 0.502. The standard InChI is InChI=1S/C23H36/c1-3-5-19-8-12-22(13-9-19)23-14-10-20(11-15-23)6-7-21-16-18(4-2)17-21/h10-11,14-15,18-19,21-22H,3-9,12-13,16-17H2,1-2H3. The van der Waals surface area contributed by atoms with Gasteiger partial charge in [0.05, 0.1) is 0 Å². The summed E-state index contributed by atoms with van der Waals surface area (Å²) in [5, 5.41) is 0. The van der Waals surface area contributed by atoms with E-state index in [0.717, 1.165) is 23.7 Å². The predicted molar refractivity (Wildman–Crippen MR) is 101 cm³/mol. The molecule has 0 aromatic heterocycles. The SMILES string of the molecule is CCCC1CCC(c2ccc(CCC3CC(CC)C3)cc2)CC1. The molecule has 0 saturated heterocycles. The van der Waals surface area contributed by atoms with Gasteiger partial charge in [-0.25, -0.2) is 0 Å². The van der Waals surface area contributed by atoms with Gasteiger partial charge in [-0.15, -0.1) is 0 Å². The number of hydrogen-bond donors (Lipinski definition) is 0. The van der Waals surface area contributed by atoms with Gasteiger partial charge in [0.25, 0.3) is 0 Å². The third kappa shape index (κ3) is 4.61. The van der Waals surface area contributed by atoms with Crippen LogP contribution in [0.3, 0.4) is 0 Å². The summed E-state index contributed by atoms with van der Waals surface area (Å²) in [5.41, 5.74) is 3.17. The molecule has 23 heavy (non-hydrogen) atoms. The smallest absolute Gasteiger partial charge is 0.0162 e. The molecular formula is C23H36. The molecule has 2 saturated carbocycles. The normalized spacial score (nSPS) is 30.9. The highest BCUT2D eigenvalue weighted by Crippen LogP contribution is 2.39. The van der Waals surface area contributed by atoms with Crippen LogP contribution in [0, 0.1) is 17.8 Å². The summed E-state index contributed by atoms with van der Waals surface area (Å²) in [6, 6.07) is 9.72. The molecule has 2 aliphatic carbocycles. The lowest BCUT2D eigenvalue weighted by atomic mass is 9.71. The zero-order chi connectivity index (χ0) is 16.1. The molecule has 0 N–H and O–H groups in total. The molecule has 1 aromatic rings. The molecule has 0 heteroatoms. The molecule has 0 radical (unpaired) electrons. The maximum atomic E-state index is 2.44. The van der Waals surface area contributed by atoms with E-state index < -0.39 is 0 Å². The topological polar surface area (TPSA) is 0 Å². The molecule has 0 atom stereocenters. The van der Waals surface area contributed by atoms with Crippen molar-refractivity contribution >= 4 is 0 Å². The highest BCUT2D eigenvalue weighted by Gasteiger charge is 2.27. The van der Waals surface area contributed by atoms with E-state index in [-0.39, 0.29) is 0 Å². The summed E-state index contributed by atoms with van der Waals surface area (Å²) in [4.78, 5) is 0. The summed E-state index contributed by atoms with van der Waals surface area (Å²) >= 11 is 0. The fraction of sp³-hybridized carbons (Fsp3) is 0.739. The van der Waals surface area contributed by atoms with Crippen LogP contribution in [0.1, 0.15) is 95.1 Å². The zero-order valence-electron chi connectivity index (χ0n) is 15.4. The van der Waals surface area contributed by atoms with Gasteiger partial charge in [-0.05, 0) is 86.2 Å². The summed E-state index contributed by atoms with van der Waals surface area (Å²) in [6.07, 6.45) is 15.7.